The summed E-state index contributed by atoms with van der Waals surface area (Å²) in [5, 5.41) is 1.69. The lowest BCUT2D eigenvalue weighted by atomic mass is 10.2. The fraction of sp³-hybridized carbons (Fsp3) is 0. The maximum atomic E-state index is 5.88. The van der Waals surface area contributed by atoms with Crippen LogP contribution in [0.15, 0.2) is 30.6 Å². The molecule has 0 aliphatic heterocycles. The first-order valence-corrected chi connectivity index (χ1v) is 4.60. The lowest BCUT2D eigenvalue weighted by Gasteiger charge is -1.99. The standard InChI is InChI=1S/C10H6ClN3/c11-8-4-2-6-1-3-7-10(9(6)14-8)13-5-12-7/h1-5,14H. The van der Waals surface area contributed by atoms with Gasteiger partial charge in [0.1, 0.15) is 17.0 Å². The minimum atomic E-state index is 0.605. The first-order chi connectivity index (χ1) is 6.84. The molecule has 1 N–H and O–H groups in total. The first kappa shape index (κ1) is 7.76. The van der Waals surface area contributed by atoms with Gasteiger partial charge in [0.15, 0.2) is 0 Å². The summed E-state index contributed by atoms with van der Waals surface area (Å²) in [6.07, 6.45) is 1.55. The molecule has 3 nitrogen and oxygen atoms in total. The molecule has 0 aliphatic carbocycles. The van der Waals surface area contributed by atoms with Crippen LogP contribution < -0.4 is 0 Å². The van der Waals surface area contributed by atoms with Gasteiger partial charge in [0.25, 0.3) is 0 Å². The second-order valence-electron chi connectivity index (χ2n) is 3.08. The molecule has 0 aliphatic rings. The van der Waals surface area contributed by atoms with Gasteiger partial charge in [0, 0.05) is 5.39 Å². The van der Waals surface area contributed by atoms with Crippen molar-refractivity contribution in [2.75, 3.05) is 0 Å². The molecule has 0 saturated carbocycles. The molecule has 0 saturated heterocycles. The number of hydrogen-bond acceptors (Lipinski definition) is 2. The number of H-pyrrole nitrogens is 1. The summed E-state index contributed by atoms with van der Waals surface area (Å²) >= 11 is 5.88. The second-order valence-corrected chi connectivity index (χ2v) is 3.48. The summed E-state index contributed by atoms with van der Waals surface area (Å²) in [6, 6.07) is 7.74. The Labute approximate surface area is 84.7 Å². The SMILES string of the molecule is Clc1ccc2ccc3ncnc3c2[nH]1. The van der Waals surface area contributed by atoms with Crippen LogP contribution in [0.3, 0.4) is 0 Å². The summed E-state index contributed by atoms with van der Waals surface area (Å²) in [6.45, 7) is 0. The van der Waals surface area contributed by atoms with E-state index in [0.717, 1.165) is 21.9 Å². The van der Waals surface area contributed by atoms with Gasteiger partial charge in [-0.25, -0.2) is 9.97 Å². The van der Waals surface area contributed by atoms with Crippen LogP contribution in [-0.2, 0) is 0 Å². The van der Waals surface area contributed by atoms with E-state index in [1.54, 1.807) is 6.33 Å². The quantitative estimate of drug-likeness (QED) is 0.571. The second kappa shape index (κ2) is 2.69. The Kier molecular flexibility index (Phi) is 1.49. The zero-order valence-electron chi connectivity index (χ0n) is 7.16. The Bertz CT molecular complexity index is 615. The molecule has 0 radical (unpaired) electrons. The number of imidazole rings is 1. The topological polar surface area (TPSA) is 41.6 Å². The normalized spacial score (nSPS) is 11.2. The van der Waals surface area contributed by atoms with Crippen molar-refractivity contribution in [1.82, 2.24) is 15.0 Å². The van der Waals surface area contributed by atoms with Crippen LogP contribution in [0.5, 0.6) is 0 Å². The minimum absolute atomic E-state index is 0.605. The lowest BCUT2D eigenvalue weighted by molar-refractivity contribution is 1.34. The van der Waals surface area contributed by atoms with Gasteiger partial charge in [0.2, 0.25) is 0 Å². The van der Waals surface area contributed by atoms with E-state index in [-0.39, 0.29) is 0 Å². The number of rotatable bonds is 0. The molecular formula is C10H6ClN3. The average Bonchev–Trinajstić information content (AvgIpc) is 2.65. The molecule has 0 bridgehead atoms. The maximum Gasteiger partial charge on any atom is 0.117 e. The summed E-state index contributed by atoms with van der Waals surface area (Å²) < 4.78 is 0. The highest BCUT2D eigenvalue weighted by Crippen LogP contribution is 2.22. The molecule has 68 valence electrons. The fourth-order valence-electron chi connectivity index (χ4n) is 1.57. The Morgan fingerprint density at radius 3 is 2.86 bits per heavy atom. The number of hydrogen-bond donors (Lipinski definition) is 1. The molecule has 2 aromatic heterocycles. The van der Waals surface area contributed by atoms with E-state index in [0.29, 0.717) is 5.15 Å². The van der Waals surface area contributed by atoms with Crippen LogP contribution in [0.1, 0.15) is 0 Å². The van der Waals surface area contributed by atoms with E-state index in [4.69, 9.17) is 11.6 Å². The number of halogens is 1. The Morgan fingerprint density at radius 2 is 1.93 bits per heavy atom. The molecule has 0 atom stereocenters. The van der Waals surface area contributed by atoms with E-state index >= 15 is 0 Å². The Morgan fingerprint density at radius 1 is 1.07 bits per heavy atom. The molecule has 0 amide bonds. The molecular weight excluding hydrogens is 198 g/mol. The van der Waals surface area contributed by atoms with E-state index in [1.165, 1.54) is 0 Å². The van der Waals surface area contributed by atoms with Crippen molar-refractivity contribution in [2.45, 2.75) is 0 Å². The first-order valence-electron chi connectivity index (χ1n) is 4.22. The molecule has 0 unspecified atom stereocenters. The van der Waals surface area contributed by atoms with Gasteiger partial charge in [-0.05, 0) is 18.2 Å². The summed E-state index contributed by atoms with van der Waals surface area (Å²) in [5.41, 5.74) is 2.69. The van der Waals surface area contributed by atoms with Crippen molar-refractivity contribution in [3.8, 4) is 0 Å². The number of nitrogens with zero attached hydrogens (tertiary/aromatic N) is 2. The molecule has 0 spiro atoms. The van der Waals surface area contributed by atoms with Crippen LogP contribution in [0, 0.1) is 0 Å². The summed E-state index contributed by atoms with van der Waals surface area (Å²) in [7, 11) is 0. The minimum Gasteiger partial charge on any atom is -0.344 e. The van der Waals surface area contributed by atoms with Gasteiger partial charge in [-0.15, -0.1) is 0 Å². The molecule has 14 heavy (non-hydrogen) atoms. The highest BCUT2D eigenvalue weighted by molar-refractivity contribution is 6.30. The van der Waals surface area contributed by atoms with Gasteiger partial charge in [0.05, 0.1) is 11.0 Å². The number of aromatic nitrogens is 3. The van der Waals surface area contributed by atoms with E-state index in [1.807, 2.05) is 24.3 Å². The van der Waals surface area contributed by atoms with Crippen LogP contribution in [0.2, 0.25) is 5.15 Å². The van der Waals surface area contributed by atoms with Gasteiger partial charge in [-0.2, -0.15) is 0 Å². The van der Waals surface area contributed by atoms with Gasteiger partial charge >= 0.3 is 0 Å². The highest BCUT2D eigenvalue weighted by atomic mass is 35.5. The van der Waals surface area contributed by atoms with Crippen molar-refractivity contribution in [2.24, 2.45) is 0 Å². The van der Waals surface area contributed by atoms with Gasteiger partial charge in [-0.1, -0.05) is 17.7 Å². The van der Waals surface area contributed by atoms with Crippen LogP contribution >= 0.6 is 11.6 Å². The predicted molar refractivity (Wildman–Crippen MR) is 56.4 cm³/mol. The van der Waals surface area contributed by atoms with Crippen molar-refractivity contribution < 1.29 is 0 Å². The molecule has 3 rings (SSSR count). The van der Waals surface area contributed by atoms with Crippen molar-refractivity contribution >= 4 is 33.5 Å². The monoisotopic (exact) mass is 203 g/mol. The van der Waals surface area contributed by atoms with Crippen molar-refractivity contribution in [3.05, 3.63) is 35.7 Å². The number of nitrogens with one attached hydrogen (secondary N) is 1. The highest BCUT2D eigenvalue weighted by Gasteiger charge is 2.03. The number of aromatic amines is 1. The fourth-order valence-corrected chi connectivity index (χ4v) is 1.73. The van der Waals surface area contributed by atoms with E-state index < -0.39 is 0 Å². The van der Waals surface area contributed by atoms with Crippen LogP contribution in [-0.4, -0.2) is 15.0 Å². The van der Waals surface area contributed by atoms with Crippen LogP contribution in [0.4, 0.5) is 0 Å². The third kappa shape index (κ3) is 0.992. The third-order valence-corrected chi connectivity index (χ3v) is 2.45. The van der Waals surface area contributed by atoms with Crippen molar-refractivity contribution in [3.63, 3.8) is 0 Å². The Balaban J connectivity index is 2.60. The zero-order chi connectivity index (χ0) is 9.54. The van der Waals surface area contributed by atoms with Gasteiger partial charge in [-0.3, -0.25) is 0 Å². The summed E-state index contributed by atoms with van der Waals surface area (Å²) in [5.74, 6) is 0. The summed E-state index contributed by atoms with van der Waals surface area (Å²) in [4.78, 5) is 11.4. The third-order valence-electron chi connectivity index (χ3n) is 2.23. The number of fused-ring (bicyclic) bond motifs is 3. The van der Waals surface area contributed by atoms with E-state index in [2.05, 4.69) is 15.0 Å². The zero-order valence-corrected chi connectivity index (χ0v) is 7.92. The lowest BCUT2D eigenvalue weighted by Crippen LogP contribution is -1.81. The molecule has 4 heteroatoms. The molecule has 1 aromatic carbocycles. The number of benzene rings is 1. The smallest absolute Gasteiger partial charge is 0.117 e. The van der Waals surface area contributed by atoms with Crippen molar-refractivity contribution in [1.29, 1.82) is 0 Å². The average molecular weight is 204 g/mol. The maximum absolute atomic E-state index is 5.88. The largest absolute Gasteiger partial charge is 0.344 e. The number of pyridine rings is 1. The molecule has 2 heterocycles. The molecule has 0 fully saturated rings. The van der Waals surface area contributed by atoms with E-state index in [9.17, 15) is 0 Å². The van der Waals surface area contributed by atoms with Crippen LogP contribution in [0.25, 0.3) is 21.9 Å². The van der Waals surface area contributed by atoms with Gasteiger partial charge < -0.3 is 4.98 Å². The predicted octanol–water partition coefficient (Wildman–Crippen LogP) is 2.76. The Hall–Kier alpha value is -1.61. The molecule has 3 aromatic rings.